The minimum absolute atomic E-state index is 0.0916. The first kappa shape index (κ1) is 23.2. The predicted molar refractivity (Wildman–Crippen MR) is 137 cm³/mol. The molecular formula is C28H26N4O4. The number of fused-ring (bicyclic) bond motifs is 1. The fourth-order valence-corrected chi connectivity index (χ4v) is 4.23. The maximum atomic E-state index is 12.7. The number of anilines is 1. The number of aromatic nitrogens is 2. The molecule has 2 aromatic carbocycles. The van der Waals surface area contributed by atoms with E-state index in [0.29, 0.717) is 39.9 Å². The van der Waals surface area contributed by atoms with Crippen molar-refractivity contribution in [3.05, 3.63) is 94.9 Å². The Morgan fingerprint density at radius 1 is 1.00 bits per heavy atom. The molecule has 3 aromatic heterocycles. The van der Waals surface area contributed by atoms with Crippen molar-refractivity contribution in [1.29, 1.82) is 0 Å². The summed E-state index contributed by atoms with van der Waals surface area (Å²) in [4.78, 5) is 33.1. The van der Waals surface area contributed by atoms with Crippen LogP contribution in [0.25, 0.3) is 22.4 Å². The van der Waals surface area contributed by atoms with Gasteiger partial charge in [-0.15, -0.1) is 0 Å². The highest BCUT2D eigenvalue weighted by molar-refractivity contribution is 6.05. The van der Waals surface area contributed by atoms with Crippen LogP contribution in [0, 0.1) is 20.8 Å². The number of aryl methyl sites for hydroxylation is 3. The molecule has 0 radical (unpaired) electrons. The number of furan rings is 1. The van der Waals surface area contributed by atoms with Crippen molar-refractivity contribution in [2.75, 3.05) is 5.32 Å². The molecule has 5 rings (SSSR count). The number of rotatable bonds is 7. The highest BCUT2D eigenvalue weighted by Crippen LogP contribution is 2.26. The van der Waals surface area contributed by atoms with Crippen LogP contribution in [0.4, 0.5) is 5.69 Å². The Morgan fingerprint density at radius 3 is 2.64 bits per heavy atom. The van der Waals surface area contributed by atoms with E-state index in [0.717, 1.165) is 22.2 Å². The van der Waals surface area contributed by atoms with Gasteiger partial charge in [-0.1, -0.05) is 24.3 Å². The number of nitrogens with zero attached hydrogens (tertiary/aromatic N) is 1. The van der Waals surface area contributed by atoms with Gasteiger partial charge in [0.05, 0.1) is 24.8 Å². The molecule has 3 heterocycles. The lowest BCUT2D eigenvalue weighted by Gasteiger charge is -2.05. The zero-order chi connectivity index (χ0) is 25.2. The highest BCUT2D eigenvalue weighted by atomic mass is 16.4. The van der Waals surface area contributed by atoms with E-state index in [1.54, 1.807) is 25.1 Å². The first-order valence-electron chi connectivity index (χ1n) is 11.6. The molecule has 36 heavy (non-hydrogen) atoms. The van der Waals surface area contributed by atoms with Gasteiger partial charge in [0, 0.05) is 27.8 Å². The highest BCUT2D eigenvalue weighted by Gasteiger charge is 2.16. The third kappa shape index (κ3) is 4.65. The number of carbonyl (C=O) groups is 2. The van der Waals surface area contributed by atoms with Crippen molar-refractivity contribution in [3.63, 3.8) is 0 Å². The molecule has 0 unspecified atom stereocenters. The molecule has 0 atom stereocenters. The van der Waals surface area contributed by atoms with Crippen LogP contribution in [0.3, 0.4) is 0 Å². The number of oxazole rings is 1. The SMILES string of the molecule is Cc1[nH]c2ccccc2c1CC(=O)NCc1nc(-c2cccc(NC(=O)c3ccoc3C)c2)oc1C. The molecule has 8 nitrogen and oxygen atoms in total. The molecule has 0 bridgehead atoms. The van der Waals surface area contributed by atoms with Crippen molar-refractivity contribution in [2.45, 2.75) is 33.7 Å². The molecule has 2 amide bonds. The summed E-state index contributed by atoms with van der Waals surface area (Å²) in [5, 5.41) is 6.87. The van der Waals surface area contributed by atoms with Gasteiger partial charge < -0.3 is 24.5 Å². The van der Waals surface area contributed by atoms with Crippen LogP contribution in [0.2, 0.25) is 0 Å². The molecule has 182 valence electrons. The van der Waals surface area contributed by atoms with E-state index in [2.05, 4.69) is 20.6 Å². The van der Waals surface area contributed by atoms with Crippen LogP contribution >= 0.6 is 0 Å². The number of nitrogens with one attached hydrogen (secondary N) is 3. The van der Waals surface area contributed by atoms with Gasteiger partial charge in [-0.2, -0.15) is 0 Å². The zero-order valence-electron chi connectivity index (χ0n) is 20.3. The van der Waals surface area contributed by atoms with Gasteiger partial charge in [0.15, 0.2) is 0 Å². The van der Waals surface area contributed by atoms with Crippen LogP contribution in [0.15, 0.2) is 69.7 Å². The Bertz CT molecular complexity index is 1570. The Labute approximate surface area is 207 Å². The van der Waals surface area contributed by atoms with E-state index in [1.165, 1.54) is 6.26 Å². The molecule has 5 aromatic rings. The average molecular weight is 483 g/mol. The summed E-state index contributed by atoms with van der Waals surface area (Å²) in [7, 11) is 0. The molecule has 0 spiro atoms. The number of para-hydroxylation sites is 1. The maximum absolute atomic E-state index is 12.7. The fraction of sp³-hybridized carbons (Fsp3) is 0.179. The third-order valence-electron chi connectivity index (χ3n) is 6.18. The molecule has 0 saturated heterocycles. The lowest BCUT2D eigenvalue weighted by atomic mass is 10.1. The van der Waals surface area contributed by atoms with E-state index < -0.39 is 0 Å². The molecule has 0 saturated carbocycles. The minimum Gasteiger partial charge on any atom is -0.469 e. The van der Waals surface area contributed by atoms with Gasteiger partial charge in [0.25, 0.3) is 5.91 Å². The Kier molecular flexibility index (Phi) is 6.16. The van der Waals surface area contributed by atoms with Gasteiger partial charge in [0.2, 0.25) is 11.8 Å². The molecule has 0 aliphatic rings. The first-order valence-corrected chi connectivity index (χ1v) is 11.6. The van der Waals surface area contributed by atoms with Crippen molar-refractivity contribution in [2.24, 2.45) is 0 Å². The van der Waals surface area contributed by atoms with Crippen LogP contribution in [-0.4, -0.2) is 21.8 Å². The number of hydrogen-bond acceptors (Lipinski definition) is 5. The zero-order valence-corrected chi connectivity index (χ0v) is 20.3. The molecular weight excluding hydrogens is 456 g/mol. The summed E-state index contributed by atoms with van der Waals surface area (Å²) < 4.78 is 11.1. The topological polar surface area (TPSA) is 113 Å². The molecule has 0 aliphatic carbocycles. The lowest BCUT2D eigenvalue weighted by Crippen LogP contribution is -2.25. The first-order chi connectivity index (χ1) is 17.4. The quantitative estimate of drug-likeness (QED) is 0.285. The minimum atomic E-state index is -0.254. The third-order valence-corrected chi connectivity index (χ3v) is 6.18. The normalized spacial score (nSPS) is 11.1. The monoisotopic (exact) mass is 482 g/mol. The number of hydrogen-bond donors (Lipinski definition) is 3. The van der Waals surface area contributed by atoms with Gasteiger partial charge in [0.1, 0.15) is 17.2 Å². The largest absolute Gasteiger partial charge is 0.469 e. The van der Waals surface area contributed by atoms with Crippen molar-refractivity contribution in [3.8, 4) is 11.5 Å². The number of aromatic amines is 1. The van der Waals surface area contributed by atoms with Gasteiger partial charge in [-0.3, -0.25) is 9.59 Å². The van der Waals surface area contributed by atoms with Crippen LogP contribution in [0.1, 0.15) is 38.8 Å². The summed E-state index contributed by atoms with van der Waals surface area (Å²) in [6, 6.07) is 16.8. The molecule has 8 heteroatoms. The van der Waals surface area contributed by atoms with E-state index in [-0.39, 0.29) is 24.8 Å². The summed E-state index contributed by atoms with van der Waals surface area (Å²) in [5.41, 5.74) is 5.45. The van der Waals surface area contributed by atoms with Crippen LogP contribution in [0.5, 0.6) is 0 Å². The summed E-state index contributed by atoms with van der Waals surface area (Å²) in [6.07, 6.45) is 1.76. The molecule has 3 N–H and O–H groups in total. The number of amides is 2. The summed E-state index contributed by atoms with van der Waals surface area (Å²) >= 11 is 0. The standard InChI is InChI=1S/C28H26N4O4/c1-16-23(22-9-4-5-10-24(22)30-16)14-26(33)29-15-25-18(3)36-28(32-25)19-7-6-8-20(13-19)31-27(34)21-11-12-35-17(21)2/h4-13,30H,14-15H2,1-3H3,(H,29,33)(H,31,34). The average Bonchev–Trinajstić information content (AvgIpc) is 3.55. The van der Waals surface area contributed by atoms with E-state index in [4.69, 9.17) is 8.83 Å². The van der Waals surface area contributed by atoms with Crippen molar-refractivity contribution >= 4 is 28.4 Å². The van der Waals surface area contributed by atoms with E-state index in [9.17, 15) is 9.59 Å². The predicted octanol–water partition coefficient (Wildman–Crippen LogP) is 5.45. The number of carbonyl (C=O) groups excluding carboxylic acids is 2. The second-order valence-electron chi connectivity index (χ2n) is 8.67. The van der Waals surface area contributed by atoms with Gasteiger partial charge in [-0.05, 0) is 56.7 Å². The number of benzene rings is 2. The Balaban J connectivity index is 1.25. The molecule has 0 fully saturated rings. The van der Waals surface area contributed by atoms with E-state index in [1.807, 2.05) is 50.2 Å². The van der Waals surface area contributed by atoms with Crippen LogP contribution < -0.4 is 10.6 Å². The Hall–Kier alpha value is -4.59. The summed E-state index contributed by atoms with van der Waals surface area (Å²) in [6.45, 7) is 5.79. The lowest BCUT2D eigenvalue weighted by molar-refractivity contribution is -0.120. The van der Waals surface area contributed by atoms with Crippen molar-refractivity contribution in [1.82, 2.24) is 15.3 Å². The second kappa shape index (κ2) is 9.58. The fourth-order valence-electron chi connectivity index (χ4n) is 4.23. The van der Waals surface area contributed by atoms with Gasteiger partial charge >= 0.3 is 0 Å². The maximum Gasteiger partial charge on any atom is 0.259 e. The van der Waals surface area contributed by atoms with Crippen molar-refractivity contribution < 1.29 is 18.4 Å². The smallest absolute Gasteiger partial charge is 0.259 e. The second-order valence-corrected chi connectivity index (χ2v) is 8.67. The van der Waals surface area contributed by atoms with Crippen LogP contribution in [-0.2, 0) is 17.8 Å². The summed E-state index contributed by atoms with van der Waals surface area (Å²) in [5.74, 6) is 1.25. The molecule has 0 aliphatic heterocycles. The number of H-pyrrole nitrogens is 1. The van der Waals surface area contributed by atoms with E-state index >= 15 is 0 Å². The van der Waals surface area contributed by atoms with Gasteiger partial charge in [-0.25, -0.2) is 4.98 Å². The Morgan fingerprint density at radius 2 is 1.83 bits per heavy atom.